The lowest BCUT2D eigenvalue weighted by molar-refractivity contribution is -0.120. The summed E-state index contributed by atoms with van der Waals surface area (Å²) in [6, 6.07) is 0.190. The summed E-state index contributed by atoms with van der Waals surface area (Å²) in [5.41, 5.74) is 3.04. The molecule has 0 aliphatic heterocycles. The predicted octanol–water partition coefficient (Wildman–Crippen LogP) is 1.10. The highest BCUT2D eigenvalue weighted by Gasteiger charge is 2.13. The van der Waals surface area contributed by atoms with Gasteiger partial charge in [-0.15, -0.1) is 0 Å². The van der Waals surface area contributed by atoms with Crippen molar-refractivity contribution in [3.8, 4) is 0 Å². The van der Waals surface area contributed by atoms with Crippen LogP contribution in [0.25, 0.3) is 0 Å². The fraction of sp³-hybridized carbons (Fsp3) is 0.636. The Balaban J connectivity index is 2.76. The van der Waals surface area contributed by atoms with Crippen LogP contribution in [0.2, 0.25) is 0 Å². The number of carbonyl (C=O) groups excluding carboxylic acids is 1. The third-order valence-corrected chi connectivity index (χ3v) is 2.45. The number of nitrogens with one attached hydrogen (secondary N) is 1. The van der Waals surface area contributed by atoms with Crippen molar-refractivity contribution in [3.63, 3.8) is 0 Å². The maximum atomic E-state index is 11.6. The molecule has 1 heterocycles. The van der Waals surface area contributed by atoms with E-state index in [0.717, 1.165) is 17.0 Å². The Morgan fingerprint density at radius 3 is 2.47 bits per heavy atom. The van der Waals surface area contributed by atoms with Gasteiger partial charge in [-0.3, -0.25) is 9.48 Å². The van der Waals surface area contributed by atoms with Crippen LogP contribution >= 0.6 is 0 Å². The van der Waals surface area contributed by atoms with E-state index in [-0.39, 0.29) is 11.9 Å². The molecule has 1 N–H and O–H groups in total. The number of amides is 1. The van der Waals surface area contributed by atoms with Crippen LogP contribution in [0.4, 0.5) is 0 Å². The highest BCUT2D eigenvalue weighted by Crippen LogP contribution is 2.12. The fourth-order valence-electron chi connectivity index (χ4n) is 1.61. The second-order valence-electron chi connectivity index (χ2n) is 4.17. The van der Waals surface area contributed by atoms with Crippen molar-refractivity contribution in [2.75, 3.05) is 0 Å². The van der Waals surface area contributed by atoms with Crippen LogP contribution in [0, 0.1) is 13.8 Å². The molecule has 0 spiro atoms. The molecule has 1 aromatic heterocycles. The highest BCUT2D eigenvalue weighted by molar-refractivity contribution is 5.79. The summed E-state index contributed by atoms with van der Waals surface area (Å²) in [5, 5.41) is 7.16. The Labute approximate surface area is 90.7 Å². The van der Waals surface area contributed by atoms with Gasteiger partial charge in [0.25, 0.3) is 0 Å². The van der Waals surface area contributed by atoms with Gasteiger partial charge in [0, 0.05) is 24.3 Å². The molecule has 0 aromatic carbocycles. The normalized spacial score (nSPS) is 10.8. The zero-order valence-corrected chi connectivity index (χ0v) is 10.1. The molecule has 4 heteroatoms. The third-order valence-electron chi connectivity index (χ3n) is 2.45. The second-order valence-corrected chi connectivity index (χ2v) is 4.17. The standard InChI is InChI=1S/C11H19N3O/c1-7(2)12-11(15)6-10-8(3)13-14(5)9(10)4/h7H,6H2,1-5H3,(H,12,15). The lowest BCUT2D eigenvalue weighted by Gasteiger charge is -2.08. The van der Waals surface area contributed by atoms with Crippen LogP contribution in [0.5, 0.6) is 0 Å². The van der Waals surface area contributed by atoms with Gasteiger partial charge in [0.2, 0.25) is 5.91 Å². The Hall–Kier alpha value is -1.32. The van der Waals surface area contributed by atoms with E-state index in [1.807, 2.05) is 39.4 Å². The molecule has 0 saturated heterocycles. The van der Waals surface area contributed by atoms with Crippen molar-refractivity contribution in [2.24, 2.45) is 7.05 Å². The molecule has 0 saturated carbocycles. The SMILES string of the molecule is Cc1nn(C)c(C)c1CC(=O)NC(C)C. The number of carbonyl (C=O) groups is 1. The first kappa shape index (κ1) is 11.8. The molecule has 4 nitrogen and oxygen atoms in total. The Morgan fingerprint density at radius 2 is 2.07 bits per heavy atom. The minimum absolute atomic E-state index is 0.0594. The van der Waals surface area contributed by atoms with E-state index in [4.69, 9.17) is 0 Å². The van der Waals surface area contributed by atoms with E-state index < -0.39 is 0 Å². The number of hydrogen-bond donors (Lipinski definition) is 1. The van der Waals surface area contributed by atoms with Gasteiger partial charge in [-0.05, 0) is 27.7 Å². The maximum absolute atomic E-state index is 11.6. The molecule has 0 aliphatic rings. The average Bonchev–Trinajstić information content (AvgIpc) is 2.31. The van der Waals surface area contributed by atoms with Gasteiger partial charge in [0.05, 0.1) is 12.1 Å². The van der Waals surface area contributed by atoms with E-state index in [0.29, 0.717) is 6.42 Å². The first-order valence-electron chi connectivity index (χ1n) is 5.20. The third kappa shape index (κ3) is 2.81. The topological polar surface area (TPSA) is 46.9 Å². The van der Waals surface area contributed by atoms with Crippen LogP contribution in [0.15, 0.2) is 0 Å². The number of aromatic nitrogens is 2. The van der Waals surface area contributed by atoms with Gasteiger partial charge in [0.15, 0.2) is 0 Å². The minimum Gasteiger partial charge on any atom is -0.354 e. The van der Waals surface area contributed by atoms with Gasteiger partial charge < -0.3 is 5.32 Å². The van der Waals surface area contributed by atoms with Gasteiger partial charge in [-0.1, -0.05) is 0 Å². The van der Waals surface area contributed by atoms with E-state index in [1.54, 1.807) is 0 Å². The first-order valence-corrected chi connectivity index (χ1v) is 5.20. The number of rotatable bonds is 3. The van der Waals surface area contributed by atoms with Crippen molar-refractivity contribution >= 4 is 5.91 Å². The van der Waals surface area contributed by atoms with E-state index in [9.17, 15) is 4.79 Å². The predicted molar refractivity (Wildman–Crippen MR) is 59.7 cm³/mol. The number of hydrogen-bond acceptors (Lipinski definition) is 2. The molecular formula is C11H19N3O. The molecule has 1 aromatic rings. The van der Waals surface area contributed by atoms with Crippen LogP contribution < -0.4 is 5.32 Å². The summed E-state index contributed by atoms with van der Waals surface area (Å²) in [6.07, 6.45) is 0.420. The second kappa shape index (κ2) is 4.47. The van der Waals surface area contributed by atoms with Crippen molar-refractivity contribution in [1.82, 2.24) is 15.1 Å². The average molecular weight is 209 g/mol. The number of aryl methyl sites for hydroxylation is 2. The van der Waals surface area contributed by atoms with E-state index in [1.165, 1.54) is 0 Å². The van der Waals surface area contributed by atoms with Crippen LogP contribution in [0.3, 0.4) is 0 Å². The summed E-state index contributed by atoms with van der Waals surface area (Å²) in [5.74, 6) is 0.0594. The first-order chi connectivity index (χ1) is 6.91. The van der Waals surface area contributed by atoms with Gasteiger partial charge in [0.1, 0.15) is 0 Å². The molecule has 0 fully saturated rings. The molecule has 1 rings (SSSR count). The Kier molecular flexibility index (Phi) is 3.50. The summed E-state index contributed by atoms with van der Waals surface area (Å²) in [4.78, 5) is 11.6. The van der Waals surface area contributed by atoms with Gasteiger partial charge in [-0.2, -0.15) is 5.10 Å². The largest absolute Gasteiger partial charge is 0.354 e. The molecule has 0 radical (unpaired) electrons. The smallest absolute Gasteiger partial charge is 0.224 e. The lowest BCUT2D eigenvalue weighted by Crippen LogP contribution is -2.31. The molecule has 15 heavy (non-hydrogen) atoms. The molecule has 0 aliphatic carbocycles. The lowest BCUT2D eigenvalue weighted by atomic mass is 10.1. The summed E-state index contributed by atoms with van der Waals surface area (Å²) in [7, 11) is 1.90. The van der Waals surface area contributed by atoms with Crippen molar-refractivity contribution < 1.29 is 4.79 Å². The van der Waals surface area contributed by atoms with Gasteiger partial charge in [-0.25, -0.2) is 0 Å². The summed E-state index contributed by atoms with van der Waals surface area (Å²) in [6.45, 7) is 7.84. The van der Waals surface area contributed by atoms with Crippen LogP contribution in [-0.4, -0.2) is 21.7 Å². The minimum atomic E-state index is 0.0594. The summed E-state index contributed by atoms with van der Waals surface area (Å²) >= 11 is 0. The quantitative estimate of drug-likeness (QED) is 0.810. The zero-order valence-electron chi connectivity index (χ0n) is 10.1. The van der Waals surface area contributed by atoms with Crippen LogP contribution in [0.1, 0.15) is 30.8 Å². The fourth-order valence-corrected chi connectivity index (χ4v) is 1.61. The molecular weight excluding hydrogens is 190 g/mol. The van der Waals surface area contributed by atoms with E-state index in [2.05, 4.69) is 10.4 Å². The number of nitrogens with zero attached hydrogens (tertiary/aromatic N) is 2. The van der Waals surface area contributed by atoms with E-state index >= 15 is 0 Å². The maximum Gasteiger partial charge on any atom is 0.224 e. The zero-order chi connectivity index (χ0) is 11.6. The van der Waals surface area contributed by atoms with Gasteiger partial charge >= 0.3 is 0 Å². The highest BCUT2D eigenvalue weighted by atomic mass is 16.1. The molecule has 0 unspecified atom stereocenters. The Morgan fingerprint density at radius 1 is 1.47 bits per heavy atom. The van der Waals surface area contributed by atoms with Crippen molar-refractivity contribution in [3.05, 3.63) is 17.0 Å². The molecule has 84 valence electrons. The molecule has 0 atom stereocenters. The molecule has 1 amide bonds. The molecule has 0 bridgehead atoms. The van der Waals surface area contributed by atoms with Crippen molar-refractivity contribution in [1.29, 1.82) is 0 Å². The van der Waals surface area contributed by atoms with Crippen LogP contribution in [-0.2, 0) is 18.3 Å². The summed E-state index contributed by atoms with van der Waals surface area (Å²) < 4.78 is 1.81. The van der Waals surface area contributed by atoms with Crippen molar-refractivity contribution in [2.45, 2.75) is 40.2 Å². The Bertz CT molecular complexity index is 366. The monoisotopic (exact) mass is 209 g/mol.